The van der Waals surface area contributed by atoms with E-state index in [9.17, 15) is 18.3 Å². The van der Waals surface area contributed by atoms with Gasteiger partial charge in [-0.3, -0.25) is 4.72 Å². The Morgan fingerprint density at radius 3 is 2.50 bits per heavy atom. The van der Waals surface area contributed by atoms with Gasteiger partial charge < -0.3 is 10.0 Å². The summed E-state index contributed by atoms with van der Waals surface area (Å²) < 4.78 is 28.5. The largest absolute Gasteiger partial charge is 0.478 e. The van der Waals surface area contributed by atoms with Crippen molar-refractivity contribution in [2.45, 2.75) is 38.5 Å². The standard InChI is InChI=1S/C20H25N3O4S/c1-13-5-4-6-23(12-13)19-18(10-16(11-21-19)20(24)25)22-28(26,27)17-8-14(2)7-15(3)9-17/h7-11,13,22H,4-6,12H2,1-3H3,(H,24,25). The maximum Gasteiger partial charge on any atom is 0.337 e. The molecule has 28 heavy (non-hydrogen) atoms. The Morgan fingerprint density at radius 2 is 1.89 bits per heavy atom. The molecule has 1 aliphatic rings. The Bertz CT molecular complexity index is 984. The molecule has 1 aromatic carbocycles. The molecule has 2 heterocycles. The predicted octanol–water partition coefficient (Wildman–Crippen LogP) is 3.43. The van der Waals surface area contributed by atoms with E-state index in [1.54, 1.807) is 12.1 Å². The number of benzene rings is 1. The van der Waals surface area contributed by atoms with Gasteiger partial charge in [0.25, 0.3) is 10.0 Å². The molecule has 2 N–H and O–H groups in total. The molecule has 1 saturated heterocycles. The van der Waals surface area contributed by atoms with E-state index in [0.29, 0.717) is 11.7 Å². The summed E-state index contributed by atoms with van der Waals surface area (Å²) in [7, 11) is -3.89. The van der Waals surface area contributed by atoms with Gasteiger partial charge in [-0.25, -0.2) is 18.2 Å². The minimum absolute atomic E-state index is 0.0630. The third kappa shape index (κ3) is 4.44. The van der Waals surface area contributed by atoms with E-state index in [1.165, 1.54) is 12.3 Å². The van der Waals surface area contributed by atoms with Gasteiger partial charge in [-0.05, 0) is 61.9 Å². The zero-order valence-electron chi connectivity index (χ0n) is 16.3. The van der Waals surface area contributed by atoms with Gasteiger partial charge in [-0.15, -0.1) is 0 Å². The van der Waals surface area contributed by atoms with Crippen LogP contribution in [0.25, 0.3) is 0 Å². The number of piperidine rings is 1. The number of anilines is 2. The third-order valence-corrected chi connectivity index (χ3v) is 6.16. The highest BCUT2D eigenvalue weighted by Gasteiger charge is 2.24. The zero-order chi connectivity index (χ0) is 20.5. The van der Waals surface area contributed by atoms with E-state index >= 15 is 0 Å². The van der Waals surface area contributed by atoms with Crippen LogP contribution in [0, 0.1) is 19.8 Å². The van der Waals surface area contributed by atoms with Crippen LogP contribution in [0.3, 0.4) is 0 Å². The first kappa shape index (κ1) is 20.1. The molecule has 1 aliphatic heterocycles. The summed E-state index contributed by atoms with van der Waals surface area (Å²) in [5.74, 6) is -0.235. The predicted molar refractivity (Wildman–Crippen MR) is 109 cm³/mol. The lowest BCUT2D eigenvalue weighted by atomic mass is 10.0. The second-order valence-corrected chi connectivity index (χ2v) is 9.21. The lowest BCUT2D eigenvalue weighted by Gasteiger charge is -2.33. The smallest absolute Gasteiger partial charge is 0.337 e. The maximum atomic E-state index is 13.0. The van der Waals surface area contributed by atoms with Gasteiger partial charge >= 0.3 is 5.97 Å². The zero-order valence-corrected chi connectivity index (χ0v) is 17.1. The van der Waals surface area contributed by atoms with Crippen LogP contribution in [0.1, 0.15) is 41.3 Å². The van der Waals surface area contributed by atoms with Crippen molar-refractivity contribution in [3.63, 3.8) is 0 Å². The maximum absolute atomic E-state index is 13.0. The fourth-order valence-electron chi connectivity index (χ4n) is 3.58. The number of rotatable bonds is 5. The molecule has 3 rings (SSSR count). The van der Waals surface area contributed by atoms with E-state index in [1.807, 2.05) is 24.8 Å². The molecule has 1 unspecified atom stereocenters. The number of aromatic carboxylic acids is 1. The average Bonchev–Trinajstić information content (AvgIpc) is 2.60. The van der Waals surface area contributed by atoms with Gasteiger partial charge in [-0.1, -0.05) is 13.0 Å². The number of aryl methyl sites for hydroxylation is 2. The lowest BCUT2D eigenvalue weighted by Crippen LogP contribution is -2.35. The summed E-state index contributed by atoms with van der Waals surface area (Å²) in [4.78, 5) is 17.8. The van der Waals surface area contributed by atoms with Crippen molar-refractivity contribution in [3.05, 3.63) is 47.2 Å². The Kier molecular flexibility index (Phi) is 5.60. The fourth-order valence-corrected chi connectivity index (χ4v) is 4.81. The molecule has 1 fully saturated rings. The molecule has 0 saturated carbocycles. The summed E-state index contributed by atoms with van der Waals surface area (Å²) in [6, 6.07) is 6.41. The quantitative estimate of drug-likeness (QED) is 0.793. The molecule has 0 aliphatic carbocycles. The summed E-state index contributed by atoms with van der Waals surface area (Å²) in [5.41, 5.74) is 1.80. The fraction of sp³-hybridized carbons (Fsp3) is 0.400. The van der Waals surface area contributed by atoms with Crippen LogP contribution in [-0.4, -0.2) is 37.6 Å². The summed E-state index contributed by atoms with van der Waals surface area (Å²) in [5, 5.41) is 9.31. The number of aromatic nitrogens is 1. The Hall–Kier alpha value is -2.61. The Labute approximate surface area is 165 Å². The molecular weight excluding hydrogens is 378 g/mol. The van der Waals surface area contributed by atoms with E-state index < -0.39 is 16.0 Å². The Balaban J connectivity index is 2.03. The molecule has 1 aromatic heterocycles. The van der Waals surface area contributed by atoms with Crippen molar-refractivity contribution >= 4 is 27.5 Å². The van der Waals surface area contributed by atoms with Crippen molar-refractivity contribution in [1.82, 2.24) is 4.98 Å². The first-order chi connectivity index (χ1) is 13.2. The number of carboxylic acid groups (broad SMARTS) is 1. The van der Waals surface area contributed by atoms with Gasteiger partial charge in [0.05, 0.1) is 16.1 Å². The van der Waals surface area contributed by atoms with Gasteiger partial charge in [0, 0.05) is 19.3 Å². The molecule has 150 valence electrons. The SMILES string of the molecule is Cc1cc(C)cc(S(=O)(=O)Nc2cc(C(=O)O)cnc2N2CCCC(C)C2)c1. The van der Waals surface area contributed by atoms with Crippen molar-refractivity contribution in [3.8, 4) is 0 Å². The van der Waals surface area contributed by atoms with Crippen LogP contribution in [0.5, 0.6) is 0 Å². The first-order valence-electron chi connectivity index (χ1n) is 9.25. The monoisotopic (exact) mass is 403 g/mol. The third-order valence-electron chi connectivity index (χ3n) is 4.82. The molecule has 2 aromatic rings. The number of pyridine rings is 1. The van der Waals surface area contributed by atoms with Gasteiger partial charge in [0.2, 0.25) is 0 Å². The van der Waals surface area contributed by atoms with Crippen molar-refractivity contribution in [2.24, 2.45) is 5.92 Å². The lowest BCUT2D eigenvalue weighted by molar-refractivity contribution is 0.0696. The van der Waals surface area contributed by atoms with Crippen LogP contribution in [0.4, 0.5) is 11.5 Å². The van der Waals surface area contributed by atoms with Crippen molar-refractivity contribution in [1.29, 1.82) is 0 Å². The van der Waals surface area contributed by atoms with E-state index in [-0.39, 0.29) is 16.1 Å². The molecule has 0 amide bonds. The highest BCUT2D eigenvalue weighted by atomic mass is 32.2. The highest BCUT2D eigenvalue weighted by molar-refractivity contribution is 7.92. The molecule has 1 atom stereocenters. The van der Waals surface area contributed by atoms with E-state index in [4.69, 9.17) is 0 Å². The number of hydrogen-bond donors (Lipinski definition) is 2. The summed E-state index contributed by atoms with van der Waals surface area (Å²) in [6.45, 7) is 7.30. The van der Waals surface area contributed by atoms with Gasteiger partial charge in [-0.2, -0.15) is 0 Å². The van der Waals surface area contributed by atoms with Crippen molar-refractivity contribution < 1.29 is 18.3 Å². The van der Waals surface area contributed by atoms with Crippen LogP contribution in [0.2, 0.25) is 0 Å². The molecule has 0 spiro atoms. The van der Waals surface area contributed by atoms with E-state index in [0.717, 1.165) is 37.1 Å². The molecular formula is C20H25N3O4S. The number of carbonyl (C=O) groups is 1. The van der Waals surface area contributed by atoms with Crippen LogP contribution in [0.15, 0.2) is 35.4 Å². The van der Waals surface area contributed by atoms with E-state index in [2.05, 4.69) is 16.6 Å². The summed E-state index contributed by atoms with van der Waals surface area (Å²) >= 11 is 0. The minimum Gasteiger partial charge on any atom is -0.478 e. The number of nitrogens with one attached hydrogen (secondary N) is 1. The summed E-state index contributed by atoms with van der Waals surface area (Å²) in [6.07, 6.45) is 3.35. The molecule has 0 bridgehead atoms. The average molecular weight is 404 g/mol. The highest BCUT2D eigenvalue weighted by Crippen LogP contribution is 2.30. The van der Waals surface area contributed by atoms with Crippen LogP contribution in [-0.2, 0) is 10.0 Å². The molecule has 8 heteroatoms. The van der Waals surface area contributed by atoms with Crippen molar-refractivity contribution in [2.75, 3.05) is 22.7 Å². The Morgan fingerprint density at radius 1 is 1.21 bits per heavy atom. The van der Waals surface area contributed by atoms with Crippen LogP contribution < -0.4 is 9.62 Å². The normalized spacial score (nSPS) is 17.4. The number of hydrogen-bond acceptors (Lipinski definition) is 5. The van der Waals surface area contributed by atoms with Crippen LogP contribution >= 0.6 is 0 Å². The van der Waals surface area contributed by atoms with Gasteiger partial charge in [0.1, 0.15) is 0 Å². The topological polar surface area (TPSA) is 99.6 Å². The van der Waals surface area contributed by atoms with Gasteiger partial charge in [0.15, 0.2) is 5.82 Å². The molecule has 0 radical (unpaired) electrons. The number of carboxylic acids is 1. The first-order valence-corrected chi connectivity index (χ1v) is 10.7. The minimum atomic E-state index is -3.89. The second kappa shape index (κ2) is 7.79. The number of sulfonamides is 1. The second-order valence-electron chi connectivity index (χ2n) is 7.52. The number of nitrogens with zero attached hydrogens (tertiary/aromatic N) is 2. The molecule has 7 nitrogen and oxygen atoms in total.